The number of aryl methyl sites for hydroxylation is 1. The molecule has 0 saturated carbocycles. The number of pyridine rings is 1. The summed E-state index contributed by atoms with van der Waals surface area (Å²) in [6.45, 7) is 2.44. The van der Waals surface area contributed by atoms with Crippen LogP contribution in [0.3, 0.4) is 0 Å². The summed E-state index contributed by atoms with van der Waals surface area (Å²) >= 11 is 0. The van der Waals surface area contributed by atoms with Crippen molar-refractivity contribution in [1.29, 1.82) is 5.26 Å². The van der Waals surface area contributed by atoms with E-state index in [0.717, 1.165) is 28.9 Å². The van der Waals surface area contributed by atoms with Gasteiger partial charge in [0.25, 0.3) is 5.91 Å². The quantitative estimate of drug-likeness (QED) is 0.574. The Labute approximate surface area is 159 Å². The number of rotatable bonds is 2. The molecule has 0 aliphatic carbocycles. The van der Waals surface area contributed by atoms with Crippen LogP contribution in [0.15, 0.2) is 41.5 Å². The van der Waals surface area contributed by atoms with Gasteiger partial charge >= 0.3 is 0 Å². The summed E-state index contributed by atoms with van der Waals surface area (Å²) < 4.78 is 7.02. The van der Waals surface area contributed by atoms with Crippen LogP contribution in [0.5, 0.6) is 0 Å². The first kappa shape index (κ1) is 16.3. The minimum atomic E-state index is -0.487. The van der Waals surface area contributed by atoms with Crippen molar-refractivity contribution >= 4 is 11.4 Å². The van der Waals surface area contributed by atoms with Crippen molar-refractivity contribution in [3.8, 4) is 6.07 Å². The zero-order valence-electron chi connectivity index (χ0n) is 15.0. The number of aromatic nitrogens is 5. The van der Waals surface area contributed by atoms with Gasteiger partial charge in [0.2, 0.25) is 5.76 Å². The Bertz CT molecular complexity index is 1240. The van der Waals surface area contributed by atoms with Crippen LogP contribution in [0.25, 0.3) is 5.52 Å². The highest BCUT2D eigenvalue weighted by molar-refractivity contribution is 5.94. The molecule has 4 aromatic rings. The van der Waals surface area contributed by atoms with E-state index in [2.05, 4.69) is 20.1 Å². The average Bonchev–Trinajstić information content (AvgIpc) is 3.43. The van der Waals surface area contributed by atoms with Crippen molar-refractivity contribution in [1.82, 2.24) is 29.5 Å². The zero-order valence-corrected chi connectivity index (χ0v) is 15.0. The van der Waals surface area contributed by atoms with Crippen molar-refractivity contribution in [2.24, 2.45) is 0 Å². The van der Waals surface area contributed by atoms with E-state index in [1.165, 1.54) is 0 Å². The Morgan fingerprint density at radius 2 is 2.29 bits per heavy atom. The van der Waals surface area contributed by atoms with E-state index in [9.17, 15) is 10.1 Å². The predicted octanol–water partition coefficient (Wildman–Crippen LogP) is 2.01. The average molecular weight is 373 g/mol. The second kappa shape index (κ2) is 6.06. The minimum Gasteiger partial charge on any atom is -0.437 e. The number of nitrogens with zero attached hydrogens (tertiary/aromatic N) is 6. The Morgan fingerprint density at radius 1 is 1.39 bits per heavy atom. The van der Waals surface area contributed by atoms with E-state index in [-0.39, 0.29) is 11.5 Å². The maximum absolute atomic E-state index is 13.2. The van der Waals surface area contributed by atoms with Crippen molar-refractivity contribution in [2.45, 2.75) is 19.4 Å². The highest BCUT2D eigenvalue weighted by Crippen LogP contribution is 2.34. The molecule has 0 unspecified atom stereocenters. The van der Waals surface area contributed by atoms with E-state index in [1.54, 1.807) is 15.7 Å². The molecule has 9 nitrogen and oxygen atoms in total. The number of hydrogen-bond donors (Lipinski definition) is 1. The second-order valence-electron chi connectivity index (χ2n) is 6.70. The molecule has 1 aliphatic rings. The Kier molecular flexibility index (Phi) is 3.52. The van der Waals surface area contributed by atoms with E-state index >= 15 is 0 Å². The molecule has 1 amide bonds. The molecule has 0 spiro atoms. The highest BCUT2D eigenvalue weighted by Gasteiger charge is 2.38. The summed E-state index contributed by atoms with van der Waals surface area (Å²) in [5.74, 6) is -0.466. The first-order chi connectivity index (χ1) is 13.7. The standard InChI is InChI=1S/C19H15N7O2/c1-11-2-3-12-6-14(24-26(12)8-11)17-16-13(21-9-22-16)4-5-25(17)19(27)18-15(7-20)23-10-28-18/h2-3,6,8-10,17H,4-5H2,1H3,(H,21,22)/t17-/m1/s1. The fourth-order valence-electron chi connectivity index (χ4n) is 3.65. The molecule has 9 heteroatoms. The van der Waals surface area contributed by atoms with Crippen molar-refractivity contribution in [3.05, 3.63) is 71.2 Å². The van der Waals surface area contributed by atoms with Crippen LogP contribution in [0, 0.1) is 18.3 Å². The fourth-order valence-corrected chi connectivity index (χ4v) is 3.65. The van der Waals surface area contributed by atoms with Gasteiger partial charge in [-0.2, -0.15) is 10.4 Å². The van der Waals surface area contributed by atoms with Crippen molar-refractivity contribution in [3.63, 3.8) is 0 Å². The number of oxazole rings is 1. The number of carbonyl (C=O) groups is 1. The summed E-state index contributed by atoms with van der Waals surface area (Å²) in [7, 11) is 0. The van der Waals surface area contributed by atoms with Gasteiger partial charge in [-0.15, -0.1) is 0 Å². The third-order valence-corrected chi connectivity index (χ3v) is 4.96. The molecule has 1 N–H and O–H groups in total. The van der Waals surface area contributed by atoms with Gasteiger partial charge in [-0.1, -0.05) is 6.07 Å². The maximum Gasteiger partial charge on any atom is 0.293 e. The lowest BCUT2D eigenvalue weighted by Gasteiger charge is -2.33. The summed E-state index contributed by atoms with van der Waals surface area (Å²) in [5, 5.41) is 13.9. The van der Waals surface area contributed by atoms with Crippen LogP contribution in [-0.2, 0) is 6.42 Å². The molecule has 0 aromatic carbocycles. The highest BCUT2D eigenvalue weighted by atomic mass is 16.3. The monoisotopic (exact) mass is 373 g/mol. The van der Waals surface area contributed by atoms with Gasteiger partial charge in [-0.25, -0.2) is 14.5 Å². The molecule has 0 bridgehead atoms. The SMILES string of the molecule is Cc1ccc2cc([C@@H]3c4nc[nH]c4CCN3C(=O)c3ocnc3C#N)nn2c1. The molecule has 0 fully saturated rings. The lowest BCUT2D eigenvalue weighted by Crippen LogP contribution is -2.41. The van der Waals surface area contributed by atoms with Gasteiger partial charge in [0, 0.05) is 24.9 Å². The molecule has 1 aliphatic heterocycles. The molecule has 4 aromatic heterocycles. The van der Waals surface area contributed by atoms with E-state index < -0.39 is 11.9 Å². The van der Waals surface area contributed by atoms with Gasteiger partial charge in [0.1, 0.15) is 12.1 Å². The van der Waals surface area contributed by atoms with E-state index in [4.69, 9.17) is 4.42 Å². The number of carbonyl (C=O) groups excluding carboxylic acids is 1. The van der Waals surface area contributed by atoms with Crippen LogP contribution in [0.1, 0.15) is 44.9 Å². The first-order valence-electron chi connectivity index (χ1n) is 8.78. The number of H-pyrrole nitrogens is 1. The molecule has 1 atom stereocenters. The Hall–Kier alpha value is -3.93. The number of fused-ring (bicyclic) bond motifs is 2. The number of nitriles is 1. The predicted molar refractivity (Wildman–Crippen MR) is 96.3 cm³/mol. The molecular weight excluding hydrogens is 358 g/mol. The maximum atomic E-state index is 13.2. The largest absolute Gasteiger partial charge is 0.437 e. The Morgan fingerprint density at radius 3 is 3.14 bits per heavy atom. The molecule has 0 saturated heterocycles. The lowest BCUT2D eigenvalue weighted by molar-refractivity contribution is 0.0654. The van der Waals surface area contributed by atoms with Crippen LogP contribution in [0.4, 0.5) is 0 Å². The van der Waals surface area contributed by atoms with Crippen molar-refractivity contribution in [2.75, 3.05) is 6.54 Å². The topological polar surface area (TPSA) is 116 Å². The third-order valence-electron chi connectivity index (χ3n) is 4.96. The third kappa shape index (κ3) is 2.39. The van der Waals surface area contributed by atoms with Gasteiger partial charge in [0.15, 0.2) is 12.1 Å². The summed E-state index contributed by atoms with van der Waals surface area (Å²) in [6.07, 6.45) is 5.29. The zero-order chi connectivity index (χ0) is 19.3. The molecule has 28 heavy (non-hydrogen) atoms. The number of hydrogen-bond acceptors (Lipinski definition) is 6. The first-order valence-corrected chi connectivity index (χ1v) is 8.78. The van der Waals surface area contributed by atoms with Gasteiger partial charge in [-0.3, -0.25) is 4.79 Å². The number of imidazole rings is 1. The van der Waals surface area contributed by atoms with Gasteiger partial charge in [-0.05, 0) is 24.6 Å². The second-order valence-corrected chi connectivity index (χ2v) is 6.70. The van der Waals surface area contributed by atoms with Gasteiger partial charge in [0.05, 0.1) is 23.2 Å². The minimum absolute atomic E-state index is 0.0257. The van der Waals surface area contributed by atoms with Crippen LogP contribution in [-0.4, -0.2) is 41.9 Å². The lowest BCUT2D eigenvalue weighted by atomic mass is 9.99. The van der Waals surface area contributed by atoms with E-state index in [1.807, 2.05) is 37.4 Å². The normalized spacial score (nSPS) is 16.1. The molecule has 5 heterocycles. The van der Waals surface area contributed by atoms with Crippen LogP contribution >= 0.6 is 0 Å². The molecular formula is C19H15N7O2. The smallest absolute Gasteiger partial charge is 0.293 e. The summed E-state index contributed by atoms with van der Waals surface area (Å²) in [6, 6.07) is 7.35. The number of aromatic amines is 1. The molecule has 0 radical (unpaired) electrons. The van der Waals surface area contributed by atoms with Crippen molar-refractivity contribution < 1.29 is 9.21 Å². The van der Waals surface area contributed by atoms with E-state index in [0.29, 0.717) is 18.7 Å². The van der Waals surface area contributed by atoms with Gasteiger partial charge < -0.3 is 14.3 Å². The summed E-state index contributed by atoms with van der Waals surface area (Å²) in [5.41, 5.74) is 4.40. The Balaban J connectivity index is 1.64. The summed E-state index contributed by atoms with van der Waals surface area (Å²) in [4.78, 5) is 26.2. The van der Waals surface area contributed by atoms with Crippen LogP contribution < -0.4 is 0 Å². The number of nitrogens with one attached hydrogen (secondary N) is 1. The van der Waals surface area contributed by atoms with Crippen LogP contribution in [0.2, 0.25) is 0 Å². The number of amides is 1. The molecule has 5 rings (SSSR count). The molecule has 138 valence electrons. The fraction of sp³-hybridized carbons (Fsp3) is 0.211.